The number of aromatic nitrogens is 3. The maximum atomic E-state index is 14.7. The minimum Gasteiger partial charge on any atom is -0.321 e. The summed E-state index contributed by atoms with van der Waals surface area (Å²) in [6.45, 7) is 0. The molecule has 2 amide bonds. The zero-order valence-electron chi connectivity index (χ0n) is 16.9. The van der Waals surface area contributed by atoms with Gasteiger partial charge in [-0.05, 0) is 24.3 Å². The molecule has 0 spiro atoms. The predicted octanol–water partition coefficient (Wildman–Crippen LogP) is 2.44. The van der Waals surface area contributed by atoms with Gasteiger partial charge in [0.15, 0.2) is 5.65 Å². The summed E-state index contributed by atoms with van der Waals surface area (Å²) >= 11 is 0. The van der Waals surface area contributed by atoms with E-state index in [1.165, 1.54) is 33.9 Å². The fourth-order valence-electron chi connectivity index (χ4n) is 3.69. The van der Waals surface area contributed by atoms with Crippen LogP contribution in [0.4, 0.5) is 10.1 Å². The summed E-state index contributed by atoms with van der Waals surface area (Å²) in [4.78, 5) is 36.4. The van der Waals surface area contributed by atoms with E-state index in [1.807, 2.05) is 0 Å². The average Bonchev–Trinajstić information content (AvgIpc) is 3.27. The molecule has 3 heterocycles. The largest absolute Gasteiger partial charge is 0.321 e. The number of nitrogens with one attached hydrogen (secondary N) is 1. The smallest absolute Gasteiger partial charge is 0.272 e. The van der Waals surface area contributed by atoms with E-state index >= 15 is 0 Å². The minimum absolute atomic E-state index is 0.194. The van der Waals surface area contributed by atoms with Crippen LogP contribution in [0.5, 0.6) is 0 Å². The minimum atomic E-state index is -1.27. The second kappa shape index (κ2) is 7.69. The van der Waals surface area contributed by atoms with Crippen LogP contribution >= 0.6 is 0 Å². The second-order valence-electron chi connectivity index (χ2n) is 7.18. The van der Waals surface area contributed by atoms with Crippen LogP contribution in [0.2, 0.25) is 0 Å². The normalized spacial score (nSPS) is 15.8. The van der Waals surface area contributed by atoms with Crippen LogP contribution in [0, 0.1) is 5.82 Å². The molecule has 5 rings (SSSR count). The van der Waals surface area contributed by atoms with E-state index in [1.54, 1.807) is 55.6 Å². The first kappa shape index (κ1) is 19.6. The van der Waals surface area contributed by atoms with Crippen molar-refractivity contribution in [1.29, 1.82) is 0 Å². The van der Waals surface area contributed by atoms with E-state index in [0.29, 0.717) is 16.9 Å². The van der Waals surface area contributed by atoms with Gasteiger partial charge < -0.3 is 10.2 Å². The van der Waals surface area contributed by atoms with Crippen LogP contribution in [0.1, 0.15) is 21.6 Å². The van der Waals surface area contributed by atoms with Gasteiger partial charge in [-0.3, -0.25) is 9.59 Å². The highest BCUT2D eigenvalue weighted by molar-refractivity contribution is 6.20. The van der Waals surface area contributed by atoms with Crippen LogP contribution in [-0.4, -0.2) is 45.3 Å². The highest BCUT2D eigenvalue weighted by atomic mass is 19.1. The van der Waals surface area contributed by atoms with Crippen LogP contribution in [-0.2, 0) is 4.79 Å². The van der Waals surface area contributed by atoms with Gasteiger partial charge in [0.1, 0.15) is 11.5 Å². The Bertz CT molecular complexity index is 1400. The molecule has 1 unspecified atom stereocenters. The summed E-state index contributed by atoms with van der Waals surface area (Å²) in [5.74, 6) is -1.49. The zero-order valence-corrected chi connectivity index (χ0v) is 16.9. The van der Waals surface area contributed by atoms with E-state index in [2.05, 4.69) is 20.4 Å². The molecule has 2 aromatic heterocycles. The Morgan fingerprint density at radius 3 is 2.56 bits per heavy atom. The number of hydrogen-bond acceptors (Lipinski definition) is 5. The number of benzene rings is 2. The van der Waals surface area contributed by atoms with Gasteiger partial charge in [0.25, 0.3) is 11.8 Å². The quantitative estimate of drug-likeness (QED) is 0.543. The average molecular weight is 428 g/mol. The molecule has 0 aliphatic carbocycles. The standard InChI is InChI=1S/C23H17FN6O2/c1-29-17-9-5-3-7-15(17)20(14-6-2-4-8-16(14)24)27-21(23(29)32)28-22(31)18-10-12-25-19-11-13-26-30(18)19/h2-13,21H,1H3,(H,28,31). The Hall–Kier alpha value is -4.40. The molecule has 0 saturated heterocycles. The topological polar surface area (TPSA) is 92.0 Å². The van der Waals surface area contributed by atoms with Crippen LogP contribution in [0.25, 0.3) is 5.65 Å². The number of rotatable bonds is 3. The summed E-state index contributed by atoms with van der Waals surface area (Å²) in [5, 5.41) is 6.77. The Morgan fingerprint density at radius 1 is 1.00 bits per heavy atom. The molecule has 1 aliphatic heterocycles. The van der Waals surface area contributed by atoms with E-state index < -0.39 is 23.8 Å². The lowest BCUT2D eigenvalue weighted by atomic mass is 10.00. The van der Waals surface area contributed by atoms with Crippen molar-refractivity contribution >= 4 is 28.9 Å². The number of fused-ring (bicyclic) bond motifs is 2. The molecule has 1 aliphatic rings. The van der Waals surface area contributed by atoms with Crippen molar-refractivity contribution in [2.75, 3.05) is 11.9 Å². The van der Waals surface area contributed by atoms with Crippen LogP contribution in [0.3, 0.4) is 0 Å². The molecule has 2 aromatic carbocycles. The number of carbonyl (C=O) groups excluding carboxylic acids is 2. The number of halogens is 1. The summed E-state index contributed by atoms with van der Waals surface area (Å²) in [6, 6.07) is 16.4. The third-order valence-electron chi connectivity index (χ3n) is 5.26. The van der Waals surface area contributed by atoms with Gasteiger partial charge in [-0.2, -0.15) is 5.10 Å². The molecular formula is C23H17FN6O2. The fraction of sp³-hybridized carbons (Fsp3) is 0.0870. The van der Waals surface area contributed by atoms with Gasteiger partial charge in [-0.25, -0.2) is 18.9 Å². The molecule has 9 heteroatoms. The monoisotopic (exact) mass is 428 g/mol. The second-order valence-corrected chi connectivity index (χ2v) is 7.18. The summed E-state index contributed by atoms with van der Waals surface area (Å²) in [5.41, 5.74) is 2.35. The highest BCUT2D eigenvalue weighted by Gasteiger charge is 2.32. The molecule has 1 atom stereocenters. The fourth-order valence-corrected chi connectivity index (χ4v) is 3.69. The van der Waals surface area contributed by atoms with Crippen molar-refractivity contribution in [3.63, 3.8) is 0 Å². The lowest BCUT2D eigenvalue weighted by Gasteiger charge is -2.20. The molecule has 4 aromatic rings. The van der Waals surface area contributed by atoms with Gasteiger partial charge in [0, 0.05) is 30.4 Å². The number of aliphatic imine (C=N–C) groups is 1. The third-order valence-corrected chi connectivity index (χ3v) is 5.26. The molecule has 1 N–H and O–H groups in total. The first-order valence-corrected chi connectivity index (χ1v) is 9.84. The van der Waals surface area contributed by atoms with Crippen LogP contribution in [0.15, 0.2) is 78.0 Å². The first-order valence-electron chi connectivity index (χ1n) is 9.84. The molecule has 8 nitrogen and oxygen atoms in total. The van der Waals surface area contributed by atoms with Gasteiger partial charge in [0.2, 0.25) is 6.17 Å². The van der Waals surface area contributed by atoms with E-state index in [-0.39, 0.29) is 17.0 Å². The first-order chi connectivity index (χ1) is 15.5. The van der Waals surface area contributed by atoms with Gasteiger partial charge in [-0.1, -0.05) is 30.3 Å². The summed E-state index contributed by atoms with van der Waals surface area (Å²) < 4.78 is 16.1. The molecule has 158 valence electrons. The van der Waals surface area contributed by atoms with Gasteiger partial charge >= 0.3 is 0 Å². The Morgan fingerprint density at radius 2 is 1.75 bits per heavy atom. The lowest BCUT2D eigenvalue weighted by molar-refractivity contribution is -0.119. The van der Waals surface area contributed by atoms with E-state index in [0.717, 1.165) is 0 Å². The van der Waals surface area contributed by atoms with Crippen molar-refractivity contribution < 1.29 is 14.0 Å². The Labute approximate surface area is 182 Å². The van der Waals surface area contributed by atoms with Crippen molar-refractivity contribution in [2.45, 2.75) is 6.17 Å². The SMILES string of the molecule is CN1C(=O)C(NC(=O)c2ccnc3ccnn23)N=C(c2ccccc2F)c2ccccc21. The number of anilines is 1. The number of benzodiazepines with no additional fused rings is 1. The number of para-hydroxylation sites is 1. The van der Waals surface area contributed by atoms with Crippen LogP contribution < -0.4 is 10.2 Å². The van der Waals surface area contributed by atoms with E-state index in [9.17, 15) is 14.0 Å². The van der Waals surface area contributed by atoms with E-state index in [4.69, 9.17) is 0 Å². The maximum Gasteiger partial charge on any atom is 0.272 e. The molecule has 32 heavy (non-hydrogen) atoms. The van der Waals surface area contributed by atoms with Crippen molar-refractivity contribution in [3.05, 3.63) is 95.7 Å². The molecule has 0 saturated carbocycles. The summed E-state index contributed by atoms with van der Waals surface area (Å²) in [6.07, 6.45) is 1.74. The van der Waals surface area contributed by atoms with Crippen molar-refractivity contribution in [2.24, 2.45) is 4.99 Å². The Kier molecular flexibility index (Phi) is 4.70. The van der Waals surface area contributed by atoms with Gasteiger partial charge in [-0.15, -0.1) is 0 Å². The maximum absolute atomic E-state index is 14.7. The van der Waals surface area contributed by atoms with Crippen molar-refractivity contribution in [1.82, 2.24) is 19.9 Å². The highest BCUT2D eigenvalue weighted by Crippen LogP contribution is 2.28. The number of hydrogen-bond donors (Lipinski definition) is 1. The molecular weight excluding hydrogens is 411 g/mol. The Balaban J connectivity index is 1.61. The molecule has 0 fully saturated rings. The number of nitrogens with zero attached hydrogens (tertiary/aromatic N) is 5. The predicted molar refractivity (Wildman–Crippen MR) is 116 cm³/mol. The number of carbonyl (C=O) groups is 2. The third kappa shape index (κ3) is 3.20. The van der Waals surface area contributed by atoms with Crippen molar-refractivity contribution in [3.8, 4) is 0 Å². The molecule has 0 radical (unpaired) electrons. The number of likely N-dealkylation sites (N-methyl/N-ethyl adjacent to an activating group) is 1. The zero-order chi connectivity index (χ0) is 22.2. The molecule has 0 bridgehead atoms. The number of amides is 2. The van der Waals surface area contributed by atoms with Gasteiger partial charge in [0.05, 0.1) is 17.6 Å². The lowest BCUT2D eigenvalue weighted by Crippen LogP contribution is -2.46. The summed E-state index contributed by atoms with van der Waals surface area (Å²) in [7, 11) is 1.60.